The van der Waals surface area contributed by atoms with Crippen LogP contribution in [-0.2, 0) is 4.79 Å². The molecule has 2 heteroatoms. The Morgan fingerprint density at radius 3 is 2.71 bits per heavy atom. The highest BCUT2D eigenvalue weighted by Gasteiger charge is 2.21. The molecular weight excluding hydrogens is 210 g/mol. The van der Waals surface area contributed by atoms with Crippen molar-refractivity contribution in [3.63, 3.8) is 0 Å². The molecule has 1 aromatic heterocycles. The van der Waals surface area contributed by atoms with E-state index in [-0.39, 0.29) is 11.7 Å². The fourth-order valence-corrected chi connectivity index (χ4v) is 1.69. The minimum Gasteiger partial charge on any atom is -0.293 e. The number of rotatable bonds is 6. The van der Waals surface area contributed by atoms with Crippen LogP contribution < -0.4 is 0 Å². The van der Waals surface area contributed by atoms with Crippen LogP contribution in [0.5, 0.6) is 0 Å². The van der Waals surface area contributed by atoms with Gasteiger partial charge in [-0.3, -0.25) is 9.78 Å². The van der Waals surface area contributed by atoms with Gasteiger partial charge in [-0.1, -0.05) is 44.4 Å². The molecule has 0 saturated carbocycles. The maximum Gasteiger partial charge on any atom is 0.171 e. The molecular formula is C15H17NO. The molecule has 1 aromatic rings. The molecule has 0 aliphatic carbocycles. The SMILES string of the molecule is C=C/C=C(\C=C)C(=O)C(CC)c1ccccn1. The van der Waals surface area contributed by atoms with E-state index in [1.54, 1.807) is 24.4 Å². The smallest absolute Gasteiger partial charge is 0.171 e. The second-order valence-electron chi connectivity index (χ2n) is 3.64. The van der Waals surface area contributed by atoms with Gasteiger partial charge < -0.3 is 0 Å². The van der Waals surface area contributed by atoms with E-state index < -0.39 is 0 Å². The molecule has 1 rings (SSSR count). The fraction of sp³-hybridized carbons (Fsp3) is 0.200. The van der Waals surface area contributed by atoms with Gasteiger partial charge in [0.15, 0.2) is 5.78 Å². The Morgan fingerprint density at radius 1 is 1.47 bits per heavy atom. The predicted octanol–water partition coefficient (Wildman–Crippen LogP) is 3.44. The van der Waals surface area contributed by atoms with E-state index in [4.69, 9.17) is 0 Å². The van der Waals surface area contributed by atoms with E-state index in [1.165, 1.54) is 0 Å². The summed E-state index contributed by atoms with van der Waals surface area (Å²) in [7, 11) is 0. The second-order valence-corrected chi connectivity index (χ2v) is 3.64. The topological polar surface area (TPSA) is 30.0 Å². The molecule has 0 amide bonds. The van der Waals surface area contributed by atoms with Crippen molar-refractivity contribution in [2.24, 2.45) is 0 Å². The number of hydrogen-bond acceptors (Lipinski definition) is 2. The minimum atomic E-state index is -0.208. The summed E-state index contributed by atoms with van der Waals surface area (Å²) in [5.41, 5.74) is 1.38. The quantitative estimate of drug-likeness (QED) is 0.550. The Balaban J connectivity index is 3.03. The summed E-state index contributed by atoms with van der Waals surface area (Å²) in [6.07, 6.45) is 7.27. The molecule has 17 heavy (non-hydrogen) atoms. The van der Waals surface area contributed by atoms with Crippen LogP contribution in [-0.4, -0.2) is 10.8 Å². The molecule has 0 spiro atoms. The maximum atomic E-state index is 12.3. The summed E-state index contributed by atoms with van der Waals surface area (Å²) < 4.78 is 0. The van der Waals surface area contributed by atoms with Gasteiger partial charge in [-0.05, 0) is 18.6 Å². The van der Waals surface area contributed by atoms with E-state index in [0.29, 0.717) is 5.57 Å². The van der Waals surface area contributed by atoms with Gasteiger partial charge in [0.1, 0.15) is 0 Å². The van der Waals surface area contributed by atoms with Crippen LogP contribution in [0.1, 0.15) is 25.0 Å². The third kappa shape index (κ3) is 3.25. The van der Waals surface area contributed by atoms with E-state index in [9.17, 15) is 4.79 Å². The van der Waals surface area contributed by atoms with Gasteiger partial charge in [0.2, 0.25) is 0 Å². The zero-order chi connectivity index (χ0) is 12.7. The standard InChI is InChI=1S/C15H17NO/c1-4-9-12(5-2)15(17)13(6-3)14-10-7-8-11-16-14/h4-5,7-11,13H,1-2,6H2,3H3/b12-9+. The van der Waals surface area contributed by atoms with Crippen LogP contribution in [0, 0.1) is 0 Å². The van der Waals surface area contributed by atoms with Crippen LogP contribution in [0.2, 0.25) is 0 Å². The van der Waals surface area contributed by atoms with Crippen molar-refractivity contribution in [1.82, 2.24) is 4.98 Å². The number of carbonyl (C=O) groups excluding carboxylic acids is 1. The molecule has 0 fully saturated rings. The van der Waals surface area contributed by atoms with Crippen LogP contribution >= 0.6 is 0 Å². The Labute approximate surface area is 102 Å². The summed E-state index contributed by atoms with van der Waals surface area (Å²) in [5, 5.41) is 0. The van der Waals surface area contributed by atoms with E-state index >= 15 is 0 Å². The van der Waals surface area contributed by atoms with Crippen molar-refractivity contribution in [2.45, 2.75) is 19.3 Å². The van der Waals surface area contributed by atoms with Crippen molar-refractivity contribution < 1.29 is 4.79 Å². The Bertz CT molecular complexity index is 431. The predicted molar refractivity (Wildman–Crippen MR) is 70.8 cm³/mol. The van der Waals surface area contributed by atoms with Gasteiger partial charge in [0.25, 0.3) is 0 Å². The molecule has 0 saturated heterocycles. The van der Waals surface area contributed by atoms with Crippen molar-refractivity contribution in [3.8, 4) is 0 Å². The van der Waals surface area contributed by atoms with Crippen LogP contribution in [0.3, 0.4) is 0 Å². The third-order valence-electron chi connectivity index (χ3n) is 2.57. The third-order valence-corrected chi connectivity index (χ3v) is 2.57. The highest BCUT2D eigenvalue weighted by Crippen LogP contribution is 2.22. The fourth-order valence-electron chi connectivity index (χ4n) is 1.69. The summed E-state index contributed by atoms with van der Waals surface area (Å²) >= 11 is 0. The monoisotopic (exact) mass is 227 g/mol. The maximum absolute atomic E-state index is 12.3. The van der Waals surface area contributed by atoms with Gasteiger partial charge in [0, 0.05) is 11.8 Å². The number of pyridine rings is 1. The molecule has 0 radical (unpaired) electrons. The second kappa shape index (κ2) is 6.59. The lowest BCUT2D eigenvalue weighted by Crippen LogP contribution is -2.14. The number of carbonyl (C=O) groups is 1. The zero-order valence-corrected chi connectivity index (χ0v) is 10.1. The lowest BCUT2D eigenvalue weighted by molar-refractivity contribution is -0.116. The highest BCUT2D eigenvalue weighted by atomic mass is 16.1. The molecule has 0 aliphatic heterocycles. The summed E-state index contributed by atoms with van der Waals surface area (Å²) in [6, 6.07) is 5.61. The molecule has 2 nitrogen and oxygen atoms in total. The average molecular weight is 227 g/mol. The molecule has 0 N–H and O–H groups in total. The number of nitrogens with zero attached hydrogens (tertiary/aromatic N) is 1. The number of aromatic nitrogens is 1. The van der Waals surface area contributed by atoms with Crippen LogP contribution in [0.15, 0.2) is 61.4 Å². The van der Waals surface area contributed by atoms with Gasteiger partial charge in [-0.15, -0.1) is 0 Å². The number of hydrogen-bond donors (Lipinski definition) is 0. The molecule has 0 aromatic carbocycles. The van der Waals surface area contributed by atoms with Gasteiger partial charge in [0.05, 0.1) is 11.6 Å². The first-order valence-corrected chi connectivity index (χ1v) is 5.64. The average Bonchev–Trinajstić information content (AvgIpc) is 2.38. The lowest BCUT2D eigenvalue weighted by atomic mass is 9.91. The molecule has 0 aliphatic rings. The van der Waals surface area contributed by atoms with E-state index in [0.717, 1.165) is 12.1 Å². The zero-order valence-electron chi connectivity index (χ0n) is 10.1. The first kappa shape index (κ1) is 13.1. The van der Waals surface area contributed by atoms with Gasteiger partial charge >= 0.3 is 0 Å². The summed E-state index contributed by atoms with van der Waals surface area (Å²) in [6.45, 7) is 9.23. The first-order chi connectivity index (χ1) is 8.24. The van der Waals surface area contributed by atoms with Crippen molar-refractivity contribution >= 4 is 5.78 Å². The van der Waals surface area contributed by atoms with Gasteiger partial charge in [-0.25, -0.2) is 0 Å². The summed E-state index contributed by atoms with van der Waals surface area (Å²) in [5.74, 6) is -0.165. The summed E-state index contributed by atoms with van der Waals surface area (Å²) in [4.78, 5) is 16.5. The normalized spacial score (nSPS) is 12.9. The highest BCUT2D eigenvalue weighted by molar-refractivity contribution is 6.02. The Morgan fingerprint density at radius 2 is 2.24 bits per heavy atom. The van der Waals surface area contributed by atoms with Crippen molar-refractivity contribution in [1.29, 1.82) is 0 Å². The number of ketones is 1. The Hall–Kier alpha value is -1.96. The first-order valence-electron chi connectivity index (χ1n) is 5.64. The molecule has 1 unspecified atom stereocenters. The largest absolute Gasteiger partial charge is 0.293 e. The molecule has 0 bridgehead atoms. The van der Waals surface area contributed by atoms with Crippen LogP contribution in [0.25, 0.3) is 0 Å². The number of allylic oxidation sites excluding steroid dienone is 4. The van der Waals surface area contributed by atoms with E-state index in [1.807, 2.05) is 25.1 Å². The molecule has 88 valence electrons. The lowest BCUT2D eigenvalue weighted by Gasteiger charge is -2.13. The van der Waals surface area contributed by atoms with Crippen molar-refractivity contribution in [2.75, 3.05) is 0 Å². The minimum absolute atomic E-state index is 0.0427. The van der Waals surface area contributed by atoms with Crippen LogP contribution in [0.4, 0.5) is 0 Å². The van der Waals surface area contributed by atoms with Gasteiger partial charge in [-0.2, -0.15) is 0 Å². The number of Topliss-reactive ketones (excluding diaryl/α,β-unsaturated/α-hetero) is 1. The van der Waals surface area contributed by atoms with E-state index in [2.05, 4.69) is 18.1 Å². The van der Waals surface area contributed by atoms with Crippen molar-refractivity contribution in [3.05, 3.63) is 67.0 Å². The Kier molecular flexibility index (Phi) is 5.08. The molecule has 1 atom stereocenters. The molecule has 1 heterocycles.